The molecule has 1 N–H and O–H groups in total. The number of nitrogens with zero attached hydrogens (tertiary/aromatic N) is 1. The molecule has 0 spiro atoms. The van der Waals surface area contributed by atoms with Gasteiger partial charge in [0.25, 0.3) is 5.91 Å². The largest absolute Gasteiger partial charge is 0.480 e. The van der Waals surface area contributed by atoms with Crippen LogP contribution in [-0.4, -0.2) is 24.5 Å². The smallest absolute Gasteiger partial charge is 0.257 e. The van der Waals surface area contributed by atoms with Crippen LogP contribution in [0.5, 0.6) is 5.88 Å². The van der Waals surface area contributed by atoms with E-state index in [4.69, 9.17) is 4.74 Å². The van der Waals surface area contributed by atoms with Crippen molar-refractivity contribution in [1.82, 2.24) is 10.3 Å². The molecule has 0 unspecified atom stereocenters. The highest BCUT2D eigenvalue weighted by molar-refractivity contribution is 14.1. The summed E-state index contributed by atoms with van der Waals surface area (Å²) in [7, 11) is 1.52. The zero-order valence-corrected chi connectivity index (χ0v) is 11.2. The summed E-state index contributed by atoms with van der Waals surface area (Å²) in [6.45, 7) is 0.757. The van der Waals surface area contributed by atoms with Crippen LogP contribution < -0.4 is 10.1 Å². The van der Waals surface area contributed by atoms with Crippen molar-refractivity contribution in [3.05, 3.63) is 21.4 Å². The molecule has 1 aromatic rings. The van der Waals surface area contributed by atoms with Gasteiger partial charge in [-0.25, -0.2) is 4.98 Å². The lowest BCUT2D eigenvalue weighted by Gasteiger charge is -2.09. The van der Waals surface area contributed by atoms with E-state index < -0.39 is 0 Å². The number of methoxy groups -OCH3 is 1. The first-order chi connectivity index (χ1) is 7.72. The number of rotatable bonds is 4. The van der Waals surface area contributed by atoms with Crippen molar-refractivity contribution in [3.63, 3.8) is 0 Å². The summed E-state index contributed by atoms with van der Waals surface area (Å²) < 4.78 is 5.95. The van der Waals surface area contributed by atoms with E-state index in [1.54, 1.807) is 12.3 Å². The second-order valence-electron chi connectivity index (χ2n) is 3.83. The summed E-state index contributed by atoms with van der Waals surface area (Å²) in [4.78, 5) is 16.0. The predicted molar refractivity (Wildman–Crippen MR) is 68.6 cm³/mol. The summed E-state index contributed by atoms with van der Waals surface area (Å²) in [6.07, 6.45) is 4.08. The first-order valence-corrected chi connectivity index (χ1v) is 6.27. The molecule has 1 aromatic heterocycles. The zero-order chi connectivity index (χ0) is 11.5. The lowest BCUT2D eigenvalue weighted by Crippen LogP contribution is -2.27. The van der Waals surface area contributed by atoms with E-state index >= 15 is 0 Å². The minimum absolute atomic E-state index is 0.0961. The average Bonchev–Trinajstić information content (AvgIpc) is 3.09. The number of aromatic nitrogens is 1. The Balaban J connectivity index is 2.13. The van der Waals surface area contributed by atoms with E-state index in [9.17, 15) is 4.79 Å². The molecule has 1 amide bonds. The number of pyridine rings is 1. The van der Waals surface area contributed by atoms with Gasteiger partial charge in [0, 0.05) is 16.3 Å². The second kappa shape index (κ2) is 4.99. The predicted octanol–water partition coefficient (Wildman–Crippen LogP) is 1.83. The van der Waals surface area contributed by atoms with Crippen molar-refractivity contribution in [2.75, 3.05) is 13.7 Å². The molecule has 1 saturated carbocycles. The third-order valence-corrected chi connectivity index (χ3v) is 3.43. The number of hydrogen-bond acceptors (Lipinski definition) is 3. The van der Waals surface area contributed by atoms with Gasteiger partial charge in [-0.2, -0.15) is 0 Å². The Morgan fingerprint density at radius 1 is 1.69 bits per heavy atom. The maximum Gasteiger partial charge on any atom is 0.257 e. The van der Waals surface area contributed by atoms with Gasteiger partial charge in [-0.1, -0.05) is 0 Å². The first-order valence-electron chi connectivity index (χ1n) is 5.19. The molecule has 0 atom stereocenters. The Labute approximate surface area is 108 Å². The number of carbonyl (C=O) groups excluding carboxylic acids is 1. The SMILES string of the molecule is COc1nccc(I)c1C(=O)NCC1CC1. The van der Waals surface area contributed by atoms with Gasteiger partial charge in [-0.15, -0.1) is 0 Å². The van der Waals surface area contributed by atoms with Gasteiger partial charge in [0.05, 0.1) is 7.11 Å². The van der Waals surface area contributed by atoms with Gasteiger partial charge in [0.15, 0.2) is 0 Å². The van der Waals surface area contributed by atoms with Gasteiger partial charge in [0.2, 0.25) is 5.88 Å². The van der Waals surface area contributed by atoms with Crippen molar-refractivity contribution in [3.8, 4) is 5.88 Å². The third kappa shape index (κ3) is 2.63. The van der Waals surface area contributed by atoms with Crippen molar-refractivity contribution < 1.29 is 9.53 Å². The quantitative estimate of drug-likeness (QED) is 0.856. The number of nitrogens with one attached hydrogen (secondary N) is 1. The summed E-state index contributed by atoms with van der Waals surface area (Å²) >= 11 is 2.12. The molecule has 0 aromatic carbocycles. The van der Waals surface area contributed by atoms with Gasteiger partial charge in [0.1, 0.15) is 5.56 Å². The zero-order valence-electron chi connectivity index (χ0n) is 9.00. The number of hydrogen-bond donors (Lipinski definition) is 1. The molecule has 0 bridgehead atoms. The maximum atomic E-state index is 11.9. The fourth-order valence-electron chi connectivity index (χ4n) is 1.43. The van der Waals surface area contributed by atoms with Crippen LogP contribution in [0.3, 0.4) is 0 Å². The highest BCUT2D eigenvalue weighted by Crippen LogP contribution is 2.28. The molecule has 1 aliphatic rings. The van der Waals surface area contributed by atoms with Crippen molar-refractivity contribution in [2.24, 2.45) is 5.92 Å². The van der Waals surface area contributed by atoms with Crippen molar-refractivity contribution in [1.29, 1.82) is 0 Å². The Hall–Kier alpha value is -0.850. The number of amides is 1. The normalized spacial score (nSPS) is 14.6. The highest BCUT2D eigenvalue weighted by atomic mass is 127. The average molecular weight is 332 g/mol. The lowest BCUT2D eigenvalue weighted by molar-refractivity contribution is 0.0947. The van der Waals surface area contributed by atoms with Crippen LogP contribution in [0.2, 0.25) is 0 Å². The maximum absolute atomic E-state index is 11.9. The van der Waals surface area contributed by atoms with Crippen LogP contribution in [-0.2, 0) is 0 Å². The molecule has 1 fully saturated rings. The van der Waals surface area contributed by atoms with Crippen LogP contribution in [0, 0.1) is 9.49 Å². The van der Waals surface area contributed by atoms with Crippen molar-refractivity contribution >= 4 is 28.5 Å². The highest BCUT2D eigenvalue weighted by Gasteiger charge is 2.23. The minimum Gasteiger partial charge on any atom is -0.480 e. The molecule has 86 valence electrons. The van der Waals surface area contributed by atoms with Gasteiger partial charge >= 0.3 is 0 Å². The van der Waals surface area contributed by atoms with E-state index in [0.29, 0.717) is 17.4 Å². The molecule has 0 saturated heterocycles. The summed E-state index contributed by atoms with van der Waals surface area (Å²) in [6, 6.07) is 1.80. The molecule has 1 heterocycles. The molecule has 0 aliphatic heterocycles. The fourth-order valence-corrected chi connectivity index (χ4v) is 2.06. The second-order valence-corrected chi connectivity index (χ2v) is 4.99. The van der Waals surface area contributed by atoms with Gasteiger partial charge in [-0.05, 0) is 47.4 Å². The van der Waals surface area contributed by atoms with Crippen LogP contribution in [0.4, 0.5) is 0 Å². The summed E-state index contributed by atoms with van der Waals surface area (Å²) in [5, 5.41) is 2.91. The molecule has 1 aliphatic carbocycles. The van der Waals surface area contributed by atoms with E-state index in [0.717, 1.165) is 10.1 Å². The number of ether oxygens (including phenoxy) is 1. The molecule has 2 rings (SSSR count). The van der Waals surface area contributed by atoms with Crippen molar-refractivity contribution in [2.45, 2.75) is 12.8 Å². The van der Waals surface area contributed by atoms with Gasteiger partial charge in [-0.3, -0.25) is 4.79 Å². The third-order valence-electron chi connectivity index (χ3n) is 2.53. The van der Waals surface area contributed by atoms with Crippen LogP contribution in [0.25, 0.3) is 0 Å². The molecule has 5 heteroatoms. The Kier molecular flexibility index (Phi) is 3.63. The van der Waals surface area contributed by atoms with Gasteiger partial charge < -0.3 is 10.1 Å². The fraction of sp³-hybridized carbons (Fsp3) is 0.455. The molecule has 0 radical (unpaired) electrons. The molecular formula is C11H13IN2O2. The topological polar surface area (TPSA) is 51.2 Å². The monoisotopic (exact) mass is 332 g/mol. The van der Waals surface area contributed by atoms with E-state index in [1.807, 2.05) is 0 Å². The Bertz CT molecular complexity index is 405. The molecular weight excluding hydrogens is 319 g/mol. The van der Waals surface area contributed by atoms with Crippen LogP contribution in [0.15, 0.2) is 12.3 Å². The van der Waals surface area contributed by atoms with Crippen LogP contribution in [0.1, 0.15) is 23.2 Å². The number of halogens is 1. The number of carbonyl (C=O) groups is 1. The molecule has 16 heavy (non-hydrogen) atoms. The lowest BCUT2D eigenvalue weighted by atomic mass is 10.2. The molecule has 4 nitrogen and oxygen atoms in total. The van der Waals surface area contributed by atoms with E-state index in [2.05, 4.69) is 32.9 Å². The van der Waals surface area contributed by atoms with E-state index in [1.165, 1.54) is 20.0 Å². The van der Waals surface area contributed by atoms with Crippen LogP contribution >= 0.6 is 22.6 Å². The minimum atomic E-state index is -0.0961. The standard InChI is InChI=1S/C11H13IN2O2/c1-16-11-9(8(12)4-5-13-11)10(15)14-6-7-2-3-7/h4-5,7H,2-3,6H2,1H3,(H,14,15). The Morgan fingerprint density at radius 2 is 2.44 bits per heavy atom. The summed E-state index contributed by atoms with van der Waals surface area (Å²) in [5.74, 6) is 0.964. The summed E-state index contributed by atoms with van der Waals surface area (Å²) in [5.41, 5.74) is 0.534. The van der Waals surface area contributed by atoms with E-state index in [-0.39, 0.29) is 5.91 Å². The Morgan fingerprint density at radius 3 is 3.06 bits per heavy atom. The first kappa shape index (κ1) is 11.6.